The van der Waals surface area contributed by atoms with Gasteiger partial charge in [0.15, 0.2) is 5.78 Å². The summed E-state index contributed by atoms with van der Waals surface area (Å²) in [5.74, 6) is 0.859. The highest BCUT2D eigenvalue weighted by Gasteiger charge is 2.49. The Labute approximate surface area is 164 Å². The Balaban J connectivity index is 1.21. The SMILES string of the molecule is O=C(C[C@H]1CO[C@H]2[C@@H]1OC[C@@H]2n1cc(CC2CCCCC2)nn1)c1cnc[nH]1. The molecule has 0 spiro atoms. The number of hydrogen-bond donors (Lipinski definition) is 1. The highest BCUT2D eigenvalue weighted by atomic mass is 16.6. The van der Waals surface area contributed by atoms with Gasteiger partial charge >= 0.3 is 0 Å². The molecule has 2 aromatic rings. The average Bonchev–Trinajstić information content (AvgIpc) is 3.49. The number of H-pyrrole nitrogens is 1. The van der Waals surface area contributed by atoms with E-state index in [1.807, 2.05) is 4.68 Å². The van der Waals surface area contributed by atoms with Gasteiger partial charge in [0.1, 0.15) is 17.8 Å². The molecule has 8 nitrogen and oxygen atoms in total. The summed E-state index contributed by atoms with van der Waals surface area (Å²) in [6.45, 7) is 1.09. The maximum Gasteiger partial charge on any atom is 0.181 e. The standard InChI is InChI=1S/C20H27N5O3/c26-18(16-8-21-12-22-16)7-14-10-27-20-17(11-28-19(14)20)25-9-15(23-24-25)6-13-4-2-1-3-5-13/h8-9,12-14,17,19-20H,1-7,10-11H2,(H,21,22)/t14-,17-,19+,20+/m0/s1. The zero-order valence-electron chi connectivity index (χ0n) is 16.0. The third-order valence-corrected chi connectivity index (χ3v) is 6.50. The number of aromatic nitrogens is 5. The topological polar surface area (TPSA) is 94.9 Å². The van der Waals surface area contributed by atoms with E-state index in [-0.39, 0.29) is 30.0 Å². The molecule has 0 bridgehead atoms. The molecule has 2 saturated heterocycles. The predicted octanol–water partition coefficient (Wildman–Crippen LogP) is 2.35. The van der Waals surface area contributed by atoms with Gasteiger partial charge in [-0.25, -0.2) is 9.67 Å². The van der Waals surface area contributed by atoms with Gasteiger partial charge in [-0.2, -0.15) is 0 Å². The summed E-state index contributed by atoms with van der Waals surface area (Å²) >= 11 is 0. The Kier molecular flexibility index (Phi) is 4.98. The van der Waals surface area contributed by atoms with Crippen molar-refractivity contribution in [3.05, 3.63) is 30.1 Å². The molecule has 2 aliphatic heterocycles. The number of nitrogens with zero attached hydrogens (tertiary/aromatic N) is 4. The van der Waals surface area contributed by atoms with Gasteiger partial charge < -0.3 is 14.5 Å². The highest BCUT2D eigenvalue weighted by Crippen LogP contribution is 2.38. The molecule has 2 aromatic heterocycles. The van der Waals surface area contributed by atoms with Gasteiger partial charge in [-0.05, 0) is 12.3 Å². The van der Waals surface area contributed by atoms with Crippen LogP contribution in [0.3, 0.4) is 0 Å². The van der Waals surface area contributed by atoms with Crippen molar-refractivity contribution in [2.75, 3.05) is 13.2 Å². The minimum absolute atomic E-state index is 0.0323. The number of ether oxygens (including phenoxy) is 2. The smallest absolute Gasteiger partial charge is 0.181 e. The minimum atomic E-state index is -0.0668. The van der Waals surface area contributed by atoms with Crippen LogP contribution in [0, 0.1) is 11.8 Å². The number of imidazole rings is 1. The summed E-state index contributed by atoms with van der Waals surface area (Å²) in [5.41, 5.74) is 1.61. The van der Waals surface area contributed by atoms with E-state index in [1.54, 1.807) is 6.20 Å². The maximum absolute atomic E-state index is 12.4. The second-order valence-electron chi connectivity index (χ2n) is 8.41. The molecular formula is C20H27N5O3. The monoisotopic (exact) mass is 385 g/mol. The first kappa shape index (κ1) is 18.0. The van der Waals surface area contributed by atoms with Crippen molar-refractivity contribution in [2.45, 2.75) is 63.2 Å². The van der Waals surface area contributed by atoms with Crippen LogP contribution in [-0.2, 0) is 15.9 Å². The van der Waals surface area contributed by atoms with Crippen molar-refractivity contribution in [2.24, 2.45) is 11.8 Å². The van der Waals surface area contributed by atoms with Crippen molar-refractivity contribution in [3.8, 4) is 0 Å². The lowest BCUT2D eigenvalue weighted by atomic mass is 9.86. The maximum atomic E-state index is 12.4. The largest absolute Gasteiger partial charge is 0.373 e. The number of carbonyl (C=O) groups excluding carboxylic acids is 1. The minimum Gasteiger partial charge on any atom is -0.373 e. The Morgan fingerprint density at radius 1 is 1.18 bits per heavy atom. The fourth-order valence-electron chi connectivity index (χ4n) is 4.97. The summed E-state index contributed by atoms with van der Waals surface area (Å²) in [4.78, 5) is 19.2. The van der Waals surface area contributed by atoms with Crippen molar-refractivity contribution < 1.29 is 14.3 Å². The van der Waals surface area contributed by atoms with E-state index < -0.39 is 0 Å². The first-order valence-corrected chi connectivity index (χ1v) is 10.4. The summed E-state index contributed by atoms with van der Waals surface area (Å²) < 4.78 is 14.0. The Hall–Kier alpha value is -2.06. The summed E-state index contributed by atoms with van der Waals surface area (Å²) in [6.07, 6.45) is 13.1. The fourth-order valence-corrected chi connectivity index (χ4v) is 4.97. The molecule has 0 radical (unpaired) electrons. The van der Waals surface area contributed by atoms with E-state index >= 15 is 0 Å². The second-order valence-corrected chi connectivity index (χ2v) is 8.41. The molecule has 8 heteroatoms. The van der Waals surface area contributed by atoms with Crippen molar-refractivity contribution in [3.63, 3.8) is 0 Å². The van der Waals surface area contributed by atoms with Crippen molar-refractivity contribution in [1.29, 1.82) is 0 Å². The van der Waals surface area contributed by atoms with Crippen LogP contribution < -0.4 is 0 Å². The van der Waals surface area contributed by atoms with Crippen LogP contribution in [-0.4, -0.2) is 56.2 Å². The Bertz CT molecular complexity index is 799. The molecule has 0 aromatic carbocycles. The first-order chi connectivity index (χ1) is 13.8. The number of ketones is 1. The van der Waals surface area contributed by atoms with Crippen LogP contribution in [0.15, 0.2) is 18.7 Å². The zero-order valence-corrected chi connectivity index (χ0v) is 16.0. The lowest BCUT2D eigenvalue weighted by molar-refractivity contribution is 0.0584. The highest BCUT2D eigenvalue weighted by molar-refractivity contribution is 5.94. The molecule has 1 N–H and O–H groups in total. The number of aromatic amines is 1. The van der Waals surface area contributed by atoms with Gasteiger partial charge in [0.05, 0.1) is 37.5 Å². The van der Waals surface area contributed by atoms with Gasteiger partial charge in [0, 0.05) is 18.5 Å². The first-order valence-electron chi connectivity index (χ1n) is 10.4. The number of carbonyl (C=O) groups is 1. The molecule has 3 aliphatic rings. The molecule has 3 fully saturated rings. The number of hydrogen-bond acceptors (Lipinski definition) is 6. The van der Waals surface area contributed by atoms with Crippen LogP contribution in [0.1, 0.15) is 60.7 Å². The molecule has 0 amide bonds. The number of fused-ring (bicyclic) bond motifs is 1. The molecule has 5 rings (SSSR count). The van der Waals surface area contributed by atoms with Gasteiger partial charge in [0.25, 0.3) is 0 Å². The fraction of sp³-hybridized carbons (Fsp3) is 0.700. The van der Waals surface area contributed by atoms with E-state index in [4.69, 9.17) is 9.47 Å². The van der Waals surface area contributed by atoms with Crippen LogP contribution in [0.25, 0.3) is 0 Å². The normalized spacial score (nSPS) is 30.6. The molecule has 28 heavy (non-hydrogen) atoms. The third-order valence-electron chi connectivity index (χ3n) is 6.50. The molecule has 1 saturated carbocycles. The molecule has 0 unspecified atom stereocenters. The van der Waals surface area contributed by atoms with Gasteiger partial charge in [-0.1, -0.05) is 37.3 Å². The van der Waals surface area contributed by atoms with Crippen LogP contribution in [0.2, 0.25) is 0 Å². The lowest BCUT2D eigenvalue weighted by Gasteiger charge is -2.20. The van der Waals surface area contributed by atoms with Gasteiger partial charge in [-0.15, -0.1) is 5.10 Å². The Morgan fingerprint density at radius 3 is 2.86 bits per heavy atom. The van der Waals surface area contributed by atoms with Crippen molar-refractivity contribution in [1.82, 2.24) is 25.0 Å². The Morgan fingerprint density at radius 2 is 2.04 bits per heavy atom. The molecular weight excluding hydrogens is 358 g/mol. The molecule has 150 valence electrons. The van der Waals surface area contributed by atoms with E-state index in [9.17, 15) is 4.79 Å². The van der Waals surface area contributed by atoms with Crippen LogP contribution in [0.4, 0.5) is 0 Å². The number of nitrogens with one attached hydrogen (secondary N) is 1. The molecule has 1 aliphatic carbocycles. The van der Waals surface area contributed by atoms with Crippen molar-refractivity contribution >= 4 is 5.78 Å². The van der Waals surface area contributed by atoms with E-state index in [2.05, 4.69) is 26.5 Å². The summed E-state index contributed by atoms with van der Waals surface area (Å²) in [7, 11) is 0. The van der Waals surface area contributed by atoms with Gasteiger partial charge in [-0.3, -0.25) is 4.79 Å². The van der Waals surface area contributed by atoms with Gasteiger partial charge in [0.2, 0.25) is 0 Å². The van der Waals surface area contributed by atoms with Crippen LogP contribution >= 0.6 is 0 Å². The number of rotatable bonds is 6. The predicted molar refractivity (Wildman–Crippen MR) is 99.8 cm³/mol. The van der Waals surface area contributed by atoms with E-state index in [0.717, 1.165) is 18.0 Å². The quantitative estimate of drug-likeness (QED) is 0.767. The second kappa shape index (κ2) is 7.75. The zero-order chi connectivity index (χ0) is 18.9. The molecule has 4 atom stereocenters. The summed E-state index contributed by atoms with van der Waals surface area (Å²) in [6, 6.07) is 0.0323. The molecule has 4 heterocycles. The third kappa shape index (κ3) is 3.51. The average molecular weight is 385 g/mol. The number of Topliss-reactive ketones (excluding diaryl/α,β-unsaturated/α-hetero) is 1. The van der Waals surface area contributed by atoms with Crippen LogP contribution in [0.5, 0.6) is 0 Å². The summed E-state index contributed by atoms with van der Waals surface area (Å²) in [5, 5.41) is 8.78. The van der Waals surface area contributed by atoms with E-state index in [1.165, 1.54) is 38.4 Å². The van der Waals surface area contributed by atoms with E-state index in [0.29, 0.717) is 25.3 Å². The lowest BCUT2D eigenvalue weighted by Crippen LogP contribution is -2.29.